The van der Waals surface area contributed by atoms with E-state index in [-0.39, 0.29) is 5.91 Å². The van der Waals surface area contributed by atoms with E-state index in [0.29, 0.717) is 12.3 Å². The topological polar surface area (TPSA) is 79.4 Å². The van der Waals surface area contributed by atoms with E-state index in [1.807, 2.05) is 72.8 Å². The molecule has 0 saturated heterocycles. The lowest BCUT2D eigenvalue weighted by atomic mass is 9.89. The summed E-state index contributed by atoms with van der Waals surface area (Å²) >= 11 is 0. The Labute approximate surface area is 186 Å². The highest BCUT2D eigenvalue weighted by Crippen LogP contribution is 2.33. The number of H-pyrrole nitrogens is 1. The predicted molar refractivity (Wildman–Crippen MR) is 124 cm³/mol. The van der Waals surface area contributed by atoms with E-state index in [9.17, 15) is 4.79 Å². The number of fused-ring (bicyclic) bond motifs is 3. The first-order chi connectivity index (χ1) is 15.8. The van der Waals surface area contributed by atoms with Crippen LogP contribution in [0.1, 0.15) is 32.7 Å². The molecule has 32 heavy (non-hydrogen) atoms. The fourth-order valence-electron chi connectivity index (χ4n) is 3.90. The van der Waals surface area contributed by atoms with Crippen LogP contribution in [0.2, 0.25) is 0 Å². The summed E-state index contributed by atoms with van der Waals surface area (Å²) < 4.78 is 5.85. The minimum Gasteiger partial charge on any atom is -0.489 e. The Hall–Kier alpha value is -4.19. The van der Waals surface area contributed by atoms with E-state index >= 15 is 0 Å². The number of carbonyl (C=O) groups excluding carboxylic acids is 1. The van der Waals surface area contributed by atoms with Crippen molar-refractivity contribution in [3.63, 3.8) is 0 Å². The maximum atomic E-state index is 12.7. The van der Waals surface area contributed by atoms with Gasteiger partial charge < -0.3 is 4.74 Å². The van der Waals surface area contributed by atoms with Gasteiger partial charge in [0, 0.05) is 11.1 Å². The summed E-state index contributed by atoms with van der Waals surface area (Å²) in [6.07, 6.45) is 3.27. The highest BCUT2D eigenvalue weighted by molar-refractivity contribution is 5.96. The van der Waals surface area contributed by atoms with Gasteiger partial charge in [-0.2, -0.15) is 10.2 Å². The van der Waals surface area contributed by atoms with Crippen molar-refractivity contribution in [1.29, 1.82) is 0 Å². The van der Waals surface area contributed by atoms with Gasteiger partial charge in [0.2, 0.25) is 0 Å². The molecule has 1 aliphatic carbocycles. The first-order valence-corrected chi connectivity index (χ1v) is 10.5. The second-order valence-corrected chi connectivity index (χ2v) is 7.63. The van der Waals surface area contributed by atoms with Crippen LogP contribution in [-0.4, -0.2) is 22.3 Å². The molecule has 0 aliphatic heterocycles. The summed E-state index contributed by atoms with van der Waals surface area (Å²) in [5, 5.41) is 11.4. The first kappa shape index (κ1) is 19.8. The van der Waals surface area contributed by atoms with Gasteiger partial charge in [0.05, 0.1) is 11.9 Å². The molecule has 6 nitrogen and oxygen atoms in total. The van der Waals surface area contributed by atoms with Gasteiger partial charge in [0.25, 0.3) is 5.91 Å². The summed E-state index contributed by atoms with van der Waals surface area (Å²) in [7, 11) is 0. The highest BCUT2D eigenvalue weighted by Gasteiger charge is 2.24. The van der Waals surface area contributed by atoms with Crippen molar-refractivity contribution in [2.75, 3.05) is 0 Å². The summed E-state index contributed by atoms with van der Waals surface area (Å²) in [4.78, 5) is 12.7. The molecule has 0 bridgehead atoms. The molecule has 158 valence electrons. The van der Waals surface area contributed by atoms with Crippen molar-refractivity contribution in [3.05, 3.63) is 107 Å². The normalized spacial score (nSPS) is 12.2. The molecule has 1 amide bonds. The number of hydrogen-bond acceptors (Lipinski definition) is 4. The summed E-state index contributed by atoms with van der Waals surface area (Å²) in [6, 6.07) is 25.7. The predicted octanol–water partition coefficient (Wildman–Crippen LogP) is 4.52. The van der Waals surface area contributed by atoms with Gasteiger partial charge >= 0.3 is 0 Å². The number of ether oxygens (including phenoxy) is 1. The number of nitrogens with one attached hydrogen (secondary N) is 2. The fraction of sp³-hybridized carbons (Fsp3) is 0.115. The molecule has 0 radical (unpaired) electrons. The molecule has 0 fully saturated rings. The zero-order chi connectivity index (χ0) is 21.8. The Morgan fingerprint density at radius 2 is 1.88 bits per heavy atom. The van der Waals surface area contributed by atoms with Crippen LogP contribution in [0, 0.1) is 0 Å². The monoisotopic (exact) mass is 422 g/mol. The van der Waals surface area contributed by atoms with Crippen LogP contribution in [0.5, 0.6) is 5.75 Å². The van der Waals surface area contributed by atoms with Crippen LogP contribution < -0.4 is 10.2 Å². The van der Waals surface area contributed by atoms with Crippen molar-refractivity contribution in [3.8, 4) is 17.0 Å². The fourth-order valence-corrected chi connectivity index (χ4v) is 3.90. The number of aromatic nitrogens is 2. The molecule has 6 heteroatoms. The van der Waals surface area contributed by atoms with Crippen LogP contribution >= 0.6 is 0 Å². The van der Waals surface area contributed by atoms with Crippen LogP contribution in [-0.2, 0) is 19.4 Å². The average molecular weight is 422 g/mol. The third-order valence-electron chi connectivity index (χ3n) is 5.50. The molecular weight excluding hydrogens is 400 g/mol. The zero-order valence-electron chi connectivity index (χ0n) is 17.4. The summed E-state index contributed by atoms with van der Waals surface area (Å²) in [5.74, 6) is 0.441. The van der Waals surface area contributed by atoms with Crippen molar-refractivity contribution < 1.29 is 9.53 Å². The lowest BCUT2D eigenvalue weighted by Gasteiger charge is -2.15. The van der Waals surface area contributed by atoms with Gasteiger partial charge in [0.15, 0.2) is 0 Å². The molecule has 0 spiro atoms. The van der Waals surface area contributed by atoms with Crippen molar-refractivity contribution >= 4 is 12.1 Å². The van der Waals surface area contributed by atoms with Crippen LogP contribution in [0.4, 0.5) is 0 Å². The Morgan fingerprint density at radius 1 is 1.03 bits per heavy atom. The SMILES string of the molecule is O=C(N/N=C/c1cccc(OCc2ccccc2)c1)c1[nH]nc2c1CCc1ccccc1-2. The molecule has 1 heterocycles. The minimum atomic E-state index is -0.300. The molecule has 4 aromatic rings. The zero-order valence-corrected chi connectivity index (χ0v) is 17.4. The number of benzene rings is 3. The van der Waals surface area contributed by atoms with E-state index in [1.54, 1.807) is 6.21 Å². The number of hydrazone groups is 1. The number of nitrogens with zero attached hydrogens (tertiary/aromatic N) is 2. The third kappa shape index (κ3) is 4.16. The molecule has 0 atom stereocenters. The maximum Gasteiger partial charge on any atom is 0.289 e. The first-order valence-electron chi connectivity index (χ1n) is 10.5. The standard InChI is InChI=1S/C26H22N4O2/c31-26(25-23-14-13-20-10-4-5-12-22(20)24(23)28-29-25)30-27-16-19-9-6-11-21(15-19)32-17-18-7-2-1-3-8-18/h1-12,15-16H,13-14,17H2,(H,28,29)(H,30,31)/b27-16+. The minimum absolute atomic E-state index is 0.300. The van der Waals surface area contributed by atoms with E-state index in [0.717, 1.165) is 46.5 Å². The van der Waals surface area contributed by atoms with E-state index in [1.165, 1.54) is 5.56 Å². The van der Waals surface area contributed by atoms with Crippen LogP contribution in [0.25, 0.3) is 11.3 Å². The molecule has 3 aromatic carbocycles. The lowest BCUT2D eigenvalue weighted by molar-refractivity contribution is 0.0949. The van der Waals surface area contributed by atoms with Crippen molar-refractivity contribution in [2.24, 2.45) is 5.10 Å². The second-order valence-electron chi connectivity index (χ2n) is 7.63. The molecule has 1 aromatic heterocycles. The summed E-state index contributed by atoms with van der Waals surface area (Å²) in [5.41, 5.74) is 9.13. The van der Waals surface area contributed by atoms with Crippen molar-refractivity contribution in [2.45, 2.75) is 19.4 Å². The average Bonchev–Trinajstić information content (AvgIpc) is 3.29. The Balaban J connectivity index is 1.24. The second kappa shape index (κ2) is 8.89. The van der Waals surface area contributed by atoms with Gasteiger partial charge in [-0.25, -0.2) is 5.43 Å². The van der Waals surface area contributed by atoms with Crippen LogP contribution in [0.3, 0.4) is 0 Å². The quantitative estimate of drug-likeness (QED) is 0.354. The van der Waals surface area contributed by atoms with E-state index < -0.39 is 0 Å². The number of amides is 1. The molecule has 1 aliphatic rings. The van der Waals surface area contributed by atoms with Gasteiger partial charge in [-0.05, 0) is 41.7 Å². The smallest absolute Gasteiger partial charge is 0.289 e. The summed E-state index contributed by atoms with van der Waals surface area (Å²) in [6.45, 7) is 0.492. The van der Waals surface area contributed by atoms with E-state index in [4.69, 9.17) is 4.74 Å². The van der Waals surface area contributed by atoms with Crippen LogP contribution in [0.15, 0.2) is 84.0 Å². The Morgan fingerprint density at radius 3 is 2.78 bits per heavy atom. The van der Waals surface area contributed by atoms with Gasteiger partial charge in [0.1, 0.15) is 18.1 Å². The molecule has 2 N–H and O–H groups in total. The number of hydrogen-bond donors (Lipinski definition) is 2. The number of rotatable bonds is 6. The molecule has 5 rings (SSSR count). The molecule has 0 unspecified atom stereocenters. The number of aryl methyl sites for hydroxylation is 1. The number of aromatic amines is 1. The molecular formula is C26H22N4O2. The maximum absolute atomic E-state index is 12.7. The number of carbonyl (C=O) groups is 1. The third-order valence-corrected chi connectivity index (χ3v) is 5.50. The van der Waals surface area contributed by atoms with E-state index in [2.05, 4.69) is 26.8 Å². The largest absolute Gasteiger partial charge is 0.489 e. The molecule has 0 saturated carbocycles. The lowest BCUT2D eigenvalue weighted by Crippen LogP contribution is -2.20. The highest BCUT2D eigenvalue weighted by atomic mass is 16.5. The van der Waals surface area contributed by atoms with Gasteiger partial charge in [-0.3, -0.25) is 9.89 Å². The Bertz CT molecular complexity index is 1280. The Kier molecular flexibility index (Phi) is 5.49. The van der Waals surface area contributed by atoms with Crippen molar-refractivity contribution in [1.82, 2.24) is 15.6 Å². The van der Waals surface area contributed by atoms with Gasteiger partial charge in [-0.1, -0.05) is 66.7 Å². The van der Waals surface area contributed by atoms with Gasteiger partial charge in [-0.15, -0.1) is 0 Å².